The van der Waals surface area contributed by atoms with Crippen molar-refractivity contribution in [1.82, 2.24) is 0 Å². The molecule has 1 heterocycles. The fraction of sp³-hybridized carbons (Fsp3) is 0.438. The third kappa shape index (κ3) is 2.85. The maximum absolute atomic E-state index is 13.9. The van der Waals surface area contributed by atoms with Crippen LogP contribution in [0.1, 0.15) is 25.3 Å². The number of ether oxygens (including phenoxy) is 1. The first-order valence-electron chi connectivity index (χ1n) is 7.28. The smallest absolute Gasteiger partial charge is 0.344 e. The van der Waals surface area contributed by atoms with Crippen molar-refractivity contribution < 1.29 is 27.1 Å². The van der Waals surface area contributed by atoms with Crippen molar-refractivity contribution in [3.63, 3.8) is 0 Å². The van der Waals surface area contributed by atoms with E-state index in [0.717, 1.165) is 37.1 Å². The molecule has 23 heavy (non-hydrogen) atoms. The van der Waals surface area contributed by atoms with E-state index in [9.17, 15) is 22.4 Å². The number of allylic oxidation sites excluding steroid dienone is 1. The summed E-state index contributed by atoms with van der Waals surface area (Å²) >= 11 is 0. The summed E-state index contributed by atoms with van der Waals surface area (Å²) in [5, 5.41) is 2.36. The maximum atomic E-state index is 13.9. The highest BCUT2D eigenvalue weighted by atomic mass is 19.4. The van der Waals surface area contributed by atoms with Gasteiger partial charge in [0.05, 0.1) is 0 Å². The second kappa shape index (κ2) is 5.33. The number of carbonyl (C=O) groups excluding carboxylic acids is 1. The molecular formula is C16H15F4NO2. The number of anilines is 1. The molecule has 3 nitrogen and oxygen atoms in total. The Labute approximate surface area is 130 Å². The molecule has 7 heteroatoms. The molecule has 0 spiro atoms. The van der Waals surface area contributed by atoms with E-state index < -0.39 is 35.2 Å². The number of hydrogen-bond donors (Lipinski definition) is 1. The fourth-order valence-electron chi connectivity index (χ4n) is 2.57. The summed E-state index contributed by atoms with van der Waals surface area (Å²) in [7, 11) is 0. The van der Waals surface area contributed by atoms with E-state index >= 15 is 0 Å². The predicted octanol–water partition coefficient (Wildman–Crippen LogP) is 3.91. The molecule has 1 aliphatic heterocycles. The Morgan fingerprint density at radius 3 is 2.65 bits per heavy atom. The number of rotatable bonds is 2. The first-order chi connectivity index (χ1) is 10.7. The Morgan fingerprint density at radius 2 is 2.04 bits per heavy atom. The molecule has 1 fully saturated rings. The van der Waals surface area contributed by atoms with Gasteiger partial charge in [-0.25, -0.2) is 4.39 Å². The molecule has 1 saturated carbocycles. The molecule has 1 aromatic carbocycles. The largest absolute Gasteiger partial charge is 0.425 e. The fourth-order valence-corrected chi connectivity index (χ4v) is 2.57. The first-order valence-corrected chi connectivity index (χ1v) is 7.28. The summed E-state index contributed by atoms with van der Waals surface area (Å²) < 4.78 is 60.5. The average molecular weight is 329 g/mol. The van der Waals surface area contributed by atoms with E-state index in [1.54, 1.807) is 0 Å². The summed E-state index contributed by atoms with van der Waals surface area (Å²) in [5.41, 5.74) is -3.40. The van der Waals surface area contributed by atoms with E-state index in [1.165, 1.54) is 13.0 Å². The highest BCUT2D eigenvalue weighted by molar-refractivity contribution is 5.95. The van der Waals surface area contributed by atoms with Crippen LogP contribution >= 0.6 is 0 Å². The van der Waals surface area contributed by atoms with E-state index in [1.807, 2.05) is 0 Å². The Bertz CT molecular complexity index is 667. The highest BCUT2D eigenvalue weighted by Crippen LogP contribution is 2.49. The predicted molar refractivity (Wildman–Crippen MR) is 75.2 cm³/mol. The minimum absolute atomic E-state index is 0.0667. The van der Waals surface area contributed by atoms with Crippen LogP contribution in [0.25, 0.3) is 0 Å². The molecule has 0 aromatic heterocycles. The zero-order valence-corrected chi connectivity index (χ0v) is 12.3. The molecule has 0 unspecified atom stereocenters. The van der Waals surface area contributed by atoms with Gasteiger partial charge in [-0.2, -0.15) is 13.2 Å². The SMILES string of the molecule is C[C@@H]1O[C@](C=CC2CC2)(C(F)(F)F)c2cc(F)ccc2NC1=O. The minimum atomic E-state index is -4.85. The molecule has 1 amide bonds. The number of fused-ring (bicyclic) bond motifs is 1. The van der Waals surface area contributed by atoms with Gasteiger partial charge in [-0.05, 0) is 50.0 Å². The van der Waals surface area contributed by atoms with Crippen molar-refractivity contribution >= 4 is 11.6 Å². The number of alkyl halides is 3. The monoisotopic (exact) mass is 329 g/mol. The van der Waals surface area contributed by atoms with Crippen LogP contribution < -0.4 is 5.32 Å². The molecule has 2 aliphatic rings. The van der Waals surface area contributed by atoms with Crippen LogP contribution in [0.3, 0.4) is 0 Å². The minimum Gasteiger partial charge on any atom is -0.344 e. The van der Waals surface area contributed by atoms with Gasteiger partial charge in [-0.3, -0.25) is 4.79 Å². The molecular weight excluding hydrogens is 314 g/mol. The lowest BCUT2D eigenvalue weighted by Gasteiger charge is -2.34. The van der Waals surface area contributed by atoms with Crippen molar-refractivity contribution in [1.29, 1.82) is 0 Å². The maximum Gasteiger partial charge on any atom is 0.425 e. The van der Waals surface area contributed by atoms with Gasteiger partial charge in [-0.15, -0.1) is 0 Å². The van der Waals surface area contributed by atoms with Gasteiger partial charge >= 0.3 is 6.18 Å². The highest BCUT2D eigenvalue weighted by Gasteiger charge is 2.59. The summed E-state index contributed by atoms with van der Waals surface area (Å²) in [6.45, 7) is 1.24. The Kier molecular flexibility index (Phi) is 3.71. The molecule has 1 N–H and O–H groups in total. The molecule has 1 aromatic rings. The summed E-state index contributed by atoms with van der Waals surface area (Å²) in [4.78, 5) is 11.9. The number of benzene rings is 1. The van der Waals surface area contributed by atoms with Gasteiger partial charge in [-0.1, -0.05) is 6.08 Å². The third-order valence-electron chi connectivity index (χ3n) is 4.02. The van der Waals surface area contributed by atoms with Crippen molar-refractivity contribution in [3.05, 3.63) is 41.7 Å². The lowest BCUT2D eigenvalue weighted by Crippen LogP contribution is -2.45. The van der Waals surface area contributed by atoms with Crippen LogP contribution in [0.2, 0.25) is 0 Å². The molecule has 124 valence electrons. The zero-order chi connectivity index (χ0) is 16.8. The number of nitrogens with one attached hydrogen (secondary N) is 1. The van der Waals surface area contributed by atoms with E-state index in [2.05, 4.69) is 5.32 Å². The van der Waals surface area contributed by atoms with Crippen LogP contribution in [0, 0.1) is 11.7 Å². The van der Waals surface area contributed by atoms with Gasteiger partial charge in [0.25, 0.3) is 5.91 Å². The Balaban J connectivity index is 2.22. The lowest BCUT2D eigenvalue weighted by molar-refractivity contribution is -0.271. The van der Waals surface area contributed by atoms with Gasteiger partial charge in [0.2, 0.25) is 5.60 Å². The summed E-state index contributed by atoms with van der Waals surface area (Å²) in [6, 6.07) is 2.88. The van der Waals surface area contributed by atoms with Gasteiger partial charge in [0, 0.05) is 11.3 Å². The number of carbonyl (C=O) groups is 1. The Hall–Kier alpha value is -1.89. The van der Waals surface area contributed by atoms with Crippen LogP contribution in [0.4, 0.5) is 23.2 Å². The van der Waals surface area contributed by atoms with Crippen LogP contribution in [0.5, 0.6) is 0 Å². The standard InChI is InChI=1S/C16H15F4NO2/c1-9-14(22)21-13-5-4-11(17)8-12(13)15(23-9,16(18,19)20)7-6-10-2-3-10/h4-10H,2-3H2,1H3,(H,21,22)/t9-,15-/m0/s1. The van der Waals surface area contributed by atoms with E-state index in [-0.39, 0.29) is 11.6 Å². The van der Waals surface area contributed by atoms with Crippen LogP contribution in [-0.2, 0) is 15.1 Å². The van der Waals surface area contributed by atoms with E-state index in [4.69, 9.17) is 4.74 Å². The van der Waals surface area contributed by atoms with Gasteiger partial charge in [0.15, 0.2) is 0 Å². The lowest BCUT2D eigenvalue weighted by atomic mass is 9.90. The molecule has 0 saturated heterocycles. The topological polar surface area (TPSA) is 38.3 Å². The second-order valence-corrected chi connectivity index (χ2v) is 5.87. The molecule has 0 radical (unpaired) electrons. The molecule has 2 atom stereocenters. The van der Waals surface area contributed by atoms with Crippen molar-refractivity contribution in [2.75, 3.05) is 5.32 Å². The zero-order valence-electron chi connectivity index (χ0n) is 12.3. The average Bonchev–Trinajstić information content (AvgIpc) is 3.27. The van der Waals surface area contributed by atoms with Crippen molar-refractivity contribution in [2.45, 2.75) is 37.6 Å². The molecule has 1 aliphatic carbocycles. The quantitative estimate of drug-likeness (QED) is 0.660. The normalized spacial score (nSPS) is 28.4. The van der Waals surface area contributed by atoms with Gasteiger partial charge in [0.1, 0.15) is 11.9 Å². The Morgan fingerprint density at radius 1 is 1.35 bits per heavy atom. The van der Waals surface area contributed by atoms with Gasteiger partial charge < -0.3 is 10.1 Å². The summed E-state index contributed by atoms with van der Waals surface area (Å²) in [6.07, 6.45) is -2.21. The van der Waals surface area contributed by atoms with Crippen LogP contribution in [0.15, 0.2) is 30.4 Å². The first kappa shape index (κ1) is 16.0. The number of halogens is 4. The third-order valence-corrected chi connectivity index (χ3v) is 4.02. The summed E-state index contributed by atoms with van der Waals surface area (Å²) in [5.74, 6) is -1.47. The molecule has 0 bridgehead atoms. The van der Waals surface area contributed by atoms with Crippen molar-refractivity contribution in [3.8, 4) is 0 Å². The van der Waals surface area contributed by atoms with Crippen molar-refractivity contribution in [2.24, 2.45) is 5.92 Å². The number of hydrogen-bond acceptors (Lipinski definition) is 2. The second-order valence-electron chi connectivity index (χ2n) is 5.87. The molecule has 3 rings (SSSR count). The number of amides is 1. The van der Waals surface area contributed by atoms with E-state index in [0.29, 0.717) is 0 Å². The van der Waals surface area contributed by atoms with Crippen LogP contribution in [-0.4, -0.2) is 18.2 Å².